The number of carboxylic acid groups (broad SMARTS) is 1. The molecule has 2 N–H and O–H groups in total. The zero-order valence-corrected chi connectivity index (χ0v) is 14.6. The van der Waals surface area contributed by atoms with Gasteiger partial charge in [-0.25, -0.2) is 4.39 Å². The third-order valence-electron chi connectivity index (χ3n) is 3.86. The van der Waals surface area contributed by atoms with Gasteiger partial charge in [0.2, 0.25) is 5.56 Å². The summed E-state index contributed by atoms with van der Waals surface area (Å²) >= 11 is 2.17. The number of benzene rings is 2. The number of hydrogen-bond acceptors (Lipinski definition) is 2. The van der Waals surface area contributed by atoms with Crippen molar-refractivity contribution in [2.24, 2.45) is 0 Å². The molecule has 0 spiro atoms. The van der Waals surface area contributed by atoms with Gasteiger partial charge in [-0.05, 0) is 70.5 Å². The molecule has 4 nitrogen and oxygen atoms in total. The molecule has 1 heterocycles. The Morgan fingerprint density at radius 2 is 1.88 bits per heavy atom. The molecule has 24 heavy (non-hydrogen) atoms. The minimum Gasteiger partial charge on any atom is -0.481 e. The molecular weight excluding hydrogens is 424 g/mol. The highest BCUT2D eigenvalue weighted by Crippen LogP contribution is 2.27. The van der Waals surface area contributed by atoms with E-state index in [4.69, 9.17) is 0 Å². The number of carbonyl (C=O) groups is 1. The van der Waals surface area contributed by atoms with Gasteiger partial charge in [0.1, 0.15) is 5.82 Å². The van der Waals surface area contributed by atoms with E-state index in [1.807, 2.05) is 24.3 Å². The molecule has 0 aliphatic carbocycles. The van der Waals surface area contributed by atoms with E-state index in [0.717, 1.165) is 9.13 Å². The van der Waals surface area contributed by atoms with Gasteiger partial charge in [0, 0.05) is 20.5 Å². The molecule has 1 aromatic heterocycles. The van der Waals surface area contributed by atoms with E-state index in [1.165, 1.54) is 24.3 Å². The number of pyridine rings is 1. The maximum Gasteiger partial charge on any atom is 0.311 e. The summed E-state index contributed by atoms with van der Waals surface area (Å²) in [6.07, 6.45) is 0.224. The van der Waals surface area contributed by atoms with Crippen LogP contribution in [0.1, 0.15) is 17.0 Å². The molecule has 3 aromatic rings. The number of aromatic nitrogens is 1. The standard InChI is InChI=1S/C18H13FINO3/c19-11-3-6-16-14(8-11)13(9-17(22)21-16)15(18(23)24)7-10-1-4-12(20)5-2-10/h1-6,8-9,15H,7H2,(H,21,22)(H,23,24). The summed E-state index contributed by atoms with van der Waals surface area (Å²) in [5.41, 5.74) is 1.18. The molecule has 0 bridgehead atoms. The average Bonchev–Trinajstić information content (AvgIpc) is 2.54. The molecule has 1 unspecified atom stereocenters. The quantitative estimate of drug-likeness (QED) is 0.612. The summed E-state index contributed by atoms with van der Waals surface area (Å²) in [6, 6.07) is 12.7. The van der Waals surface area contributed by atoms with Crippen LogP contribution >= 0.6 is 22.6 Å². The zero-order valence-electron chi connectivity index (χ0n) is 12.4. The lowest BCUT2D eigenvalue weighted by Gasteiger charge is -2.15. The summed E-state index contributed by atoms with van der Waals surface area (Å²) < 4.78 is 14.7. The van der Waals surface area contributed by atoms with Gasteiger partial charge in [0.15, 0.2) is 0 Å². The largest absolute Gasteiger partial charge is 0.481 e. The molecule has 0 aliphatic rings. The van der Waals surface area contributed by atoms with Crippen LogP contribution < -0.4 is 5.56 Å². The number of hydrogen-bond donors (Lipinski definition) is 2. The minimum atomic E-state index is -1.05. The maximum absolute atomic E-state index is 13.6. The topological polar surface area (TPSA) is 70.2 Å². The van der Waals surface area contributed by atoms with E-state index in [1.54, 1.807) is 0 Å². The molecule has 0 radical (unpaired) electrons. The Morgan fingerprint density at radius 1 is 1.17 bits per heavy atom. The number of halogens is 2. The van der Waals surface area contributed by atoms with Gasteiger partial charge < -0.3 is 10.1 Å². The SMILES string of the molecule is O=C(O)C(Cc1ccc(I)cc1)c1cc(=O)[nH]c2ccc(F)cc12. The Balaban J connectivity index is 2.13. The molecule has 2 aromatic carbocycles. The van der Waals surface area contributed by atoms with Crippen molar-refractivity contribution < 1.29 is 14.3 Å². The smallest absolute Gasteiger partial charge is 0.311 e. The summed E-state index contributed by atoms with van der Waals surface area (Å²) in [7, 11) is 0. The predicted molar refractivity (Wildman–Crippen MR) is 97.8 cm³/mol. The number of fused-ring (bicyclic) bond motifs is 1. The third-order valence-corrected chi connectivity index (χ3v) is 4.58. The Hall–Kier alpha value is -2.22. The molecule has 122 valence electrons. The van der Waals surface area contributed by atoms with Gasteiger partial charge in [-0.2, -0.15) is 0 Å². The number of nitrogens with one attached hydrogen (secondary N) is 1. The summed E-state index contributed by atoms with van der Waals surface area (Å²) in [6.45, 7) is 0. The van der Waals surface area contributed by atoms with Crippen LogP contribution in [0.15, 0.2) is 53.3 Å². The van der Waals surface area contributed by atoms with Crippen molar-refractivity contribution in [3.63, 3.8) is 0 Å². The van der Waals surface area contributed by atoms with Crippen molar-refractivity contribution in [3.8, 4) is 0 Å². The van der Waals surface area contributed by atoms with Crippen LogP contribution in [0.4, 0.5) is 4.39 Å². The van der Waals surface area contributed by atoms with Gasteiger partial charge in [-0.15, -0.1) is 0 Å². The fourth-order valence-electron chi connectivity index (χ4n) is 2.73. The summed E-state index contributed by atoms with van der Waals surface area (Å²) in [5, 5.41) is 10.1. The van der Waals surface area contributed by atoms with Crippen molar-refractivity contribution in [2.45, 2.75) is 12.3 Å². The molecule has 1 atom stereocenters. The van der Waals surface area contributed by atoms with Crippen LogP contribution in [-0.2, 0) is 11.2 Å². The molecule has 0 saturated heterocycles. The van der Waals surface area contributed by atoms with E-state index in [9.17, 15) is 19.1 Å². The first-order valence-corrected chi connectivity index (χ1v) is 8.31. The number of aromatic amines is 1. The van der Waals surface area contributed by atoms with Crippen molar-refractivity contribution in [1.29, 1.82) is 0 Å². The fraction of sp³-hybridized carbons (Fsp3) is 0.111. The first-order chi connectivity index (χ1) is 11.4. The van der Waals surface area contributed by atoms with E-state index >= 15 is 0 Å². The lowest BCUT2D eigenvalue weighted by Crippen LogP contribution is -2.18. The Bertz CT molecular complexity index is 966. The van der Waals surface area contributed by atoms with E-state index in [0.29, 0.717) is 16.5 Å². The van der Waals surface area contributed by atoms with Crippen LogP contribution in [0.5, 0.6) is 0 Å². The van der Waals surface area contributed by atoms with Crippen LogP contribution in [0.25, 0.3) is 10.9 Å². The Kier molecular flexibility index (Phi) is 4.66. The molecular formula is C18H13FINO3. The number of carboxylic acids is 1. The molecule has 0 fully saturated rings. The molecule has 0 saturated carbocycles. The first-order valence-electron chi connectivity index (χ1n) is 7.24. The molecule has 0 amide bonds. The van der Waals surface area contributed by atoms with Crippen LogP contribution in [-0.4, -0.2) is 16.1 Å². The lowest BCUT2D eigenvalue weighted by molar-refractivity contribution is -0.138. The third kappa shape index (κ3) is 3.48. The minimum absolute atomic E-state index is 0.224. The highest BCUT2D eigenvalue weighted by Gasteiger charge is 2.23. The van der Waals surface area contributed by atoms with Gasteiger partial charge in [0.25, 0.3) is 0 Å². The summed E-state index contributed by atoms with van der Waals surface area (Å²) in [5.74, 6) is -2.46. The highest BCUT2D eigenvalue weighted by atomic mass is 127. The van der Waals surface area contributed by atoms with Gasteiger partial charge in [-0.3, -0.25) is 9.59 Å². The highest BCUT2D eigenvalue weighted by molar-refractivity contribution is 14.1. The van der Waals surface area contributed by atoms with Gasteiger partial charge in [-0.1, -0.05) is 12.1 Å². The fourth-order valence-corrected chi connectivity index (χ4v) is 3.09. The van der Waals surface area contributed by atoms with Gasteiger partial charge in [0.05, 0.1) is 5.92 Å². The second kappa shape index (κ2) is 6.72. The van der Waals surface area contributed by atoms with Crippen molar-refractivity contribution in [1.82, 2.24) is 4.98 Å². The van der Waals surface area contributed by atoms with E-state index < -0.39 is 23.3 Å². The normalized spacial score (nSPS) is 12.2. The zero-order chi connectivity index (χ0) is 17.3. The van der Waals surface area contributed by atoms with Crippen molar-refractivity contribution >= 4 is 39.5 Å². The number of aliphatic carboxylic acids is 1. The monoisotopic (exact) mass is 437 g/mol. The maximum atomic E-state index is 13.6. The second-order valence-electron chi connectivity index (χ2n) is 5.50. The van der Waals surface area contributed by atoms with E-state index in [2.05, 4.69) is 27.6 Å². The van der Waals surface area contributed by atoms with Crippen LogP contribution in [0.3, 0.4) is 0 Å². The Morgan fingerprint density at radius 3 is 2.54 bits per heavy atom. The average molecular weight is 437 g/mol. The number of H-pyrrole nitrogens is 1. The van der Waals surface area contributed by atoms with Crippen molar-refractivity contribution in [3.05, 3.63) is 79.4 Å². The Labute approximate surface area is 150 Å². The lowest BCUT2D eigenvalue weighted by atomic mass is 9.90. The molecule has 3 rings (SSSR count). The predicted octanol–water partition coefficient (Wildman–Crippen LogP) is 3.68. The molecule has 0 aliphatic heterocycles. The van der Waals surface area contributed by atoms with Gasteiger partial charge >= 0.3 is 5.97 Å². The summed E-state index contributed by atoms with van der Waals surface area (Å²) in [4.78, 5) is 26.3. The first kappa shape index (κ1) is 16.6. The van der Waals surface area contributed by atoms with E-state index in [-0.39, 0.29) is 6.42 Å². The number of rotatable bonds is 4. The van der Waals surface area contributed by atoms with Crippen LogP contribution in [0, 0.1) is 9.39 Å². The molecule has 6 heteroatoms. The van der Waals surface area contributed by atoms with Crippen LogP contribution in [0.2, 0.25) is 0 Å². The second-order valence-corrected chi connectivity index (χ2v) is 6.75. The van der Waals surface area contributed by atoms with Crippen molar-refractivity contribution in [2.75, 3.05) is 0 Å².